The van der Waals surface area contributed by atoms with E-state index in [1.807, 2.05) is 13.0 Å². The van der Waals surface area contributed by atoms with Crippen LogP contribution in [0.15, 0.2) is 47.5 Å². The summed E-state index contributed by atoms with van der Waals surface area (Å²) in [6.07, 6.45) is 0.861. The Balaban J connectivity index is 0.00000480. The van der Waals surface area contributed by atoms with Gasteiger partial charge >= 0.3 is 0 Å². The lowest BCUT2D eigenvalue weighted by Crippen LogP contribution is -2.37. The Morgan fingerprint density at radius 1 is 1.00 bits per heavy atom. The molecule has 2 N–H and O–H groups in total. The van der Waals surface area contributed by atoms with Crippen LogP contribution in [0.3, 0.4) is 0 Å². The zero-order valence-corrected chi connectivity index (χ0v) is 21.4. The number of benzene rings is 2. The van der Waals surface area contributed by atoms with Gasteiger partial charge in [-0.05, 0) is 43.0 Å². The highest BCUT2D eigenvalue weighted by Crippen LogP contribution is 2.19. The van der Waals surface area contributed by atoms with E-state index in [4.69, 9.17) is 14.2 Å². The molecular weight excluding hydrogens is 505 g/mol. The summed E-state index contributed by atoms with van der Waals surface area (Å²) in [6, 6.07) is 14.6. The second kappa shape index (κ2) is 15.9. The molecule has 0 aliphatic rings. The molecular formula is C24H36IN3O3. The standard InChI is InChI=1S/C24H35N3O3.HI/c1-5-29-13-14-30-18-21-8-6-7-20(16-21)17-27-24(25-3)26-12-11-22-15-19(2)9-10-23(22)28-4;/h6-10,15-16H,5,11-14,17-18H2,1-4H3,(H2,25,26,27);1H. The van der Waals surface area contributed by atoms with Crippen LogP contribution in [0.5, 0.6) is 5.75 Å². The van der Waals surface area contributed by atoms with Crippen molar-refractivity contribution in [2.75, 3.05) is 40.5 Å². The van der Waals surface area contributed by atoms with E-state index in [1.165, 1.54) is 16.7 Å². The minimum Gasteiger partial charge on any atom is -0.496 e. The van der Waals surface area contributed by atoms with Gasteiger partial charge in [-0.15, -0.1) is 24.0 Å². The molecule has 0 unspecified atom stereocenters. The molecule has 172 valence electrons. The Bertz CT molecular complexity index is 799. The Labute approximate surface area is 203 Å². The number of halogens is 1. The fraction of sp³-hybridized carbons (Fsp3) is 0.458. The van der Waals surface area contributed by atoms with Gasteiger partial charge in [-0.2, -0.15) is 0 Å². The fourth-order valence-electron chi connectivity index (χ4n) is 3.11. The number of methoxy groups -OCH3 is 1. The molecule has 6 nitrogen and oxygen atoms in total. The van der Waals surface area contributed by atoms with Crippen molar-refractivity contribution in [2.24, 2.45) is 4.99 Å². The first kappa shape index (κ1) is 27.2. The van der Waals surface area contributed by atoms with E-state index >= 15 is 0 Å². The molecule has 2 aromatic rings. The molecule has 0 aromatic heterocycles. The molecule has 0 fully saturated rings. The van der Waals surface area contributed by atoms with Crippen molar-refractivity contribution in [1.29, 1.82) is 0 Å². The molecule has 7 heteroatoms. The minimum absolute atomic E-state index is 0. The number of ether oxygens (including phenoxy) is 3. The van der Waals surface area contributed by atoms with Gasteiger partial charge in [-0.1, -0.05) is 42.0 Å². The zero-order valence-electron chi connectivity index (χ0n) is 19.1. The Morgan fingerprint density at radius 3 is 2.52 bits per heavy atom. The lowest BCUT2D eigenvalue weighted by atomic mass is 10.1. The summed E-state index contributed by atoms with van der Waals surface area (Å²) in [7, 11) is 3.49. The molecule has 0 bridgehead atoms. The van der Waals surface area contributed by atoms with Crippen LogP contribution >= 0.6 is 24.0 Å². The normalized spacial score (nSPS) is 11.0. The number of nitrogens with one attached hydrogen (secondary N) is 2. The summed E-state index contributed by atoms with van der Waals surface area (Å²) in [5.41, 5.74) is 4.76. The van der Waals surface area contributed by atoms with Crippen LogP contribution in [-0.2, 0) is 29.0 Å². The predicted molar refractivity (Wildman–Crippen MR) is 138 cm³/mol. The fourth-order valence-corrected chi connectivity index (χ4v) is 3.11. The average Bonchev–Trinajstić information content (AvgIpc) is 2.76. The van der Waals surface area contributed by atoms with E-state index < -0.39 is 0 Å². The monoisotopic (exact) mass is 541 g/mol. The molecule has 0 saturated carbocycles. The third-order valence-corrected chi connectivity index (χ3v) is 4.64. The maximum Gasteiger partial charge on any atom is 0.191 e. The van der Waals surface area contributed by atoms with Gasteiger partial charge in [0.05, 0.1) is 26.9 Å². The van der Waals surface area contributed by atoms with Crippen LogP contribution in [-0.4, -0.2) is 46.5 Å². The molecule has 0 spiro atoms. The first-order chi connectivity index (χ1) is 14.7. The van der Waals surface area contributed by atoms with Gasteiger partial charge in [-0.3, -0.25) is 4.99 Å². The predicted octanol–water partition coefficient (Wildman–Crippen LogP) is 4.08. The number of aryl methyl sites for hydroxylation is 1. The number of rotatable bonds is 12. The maximum absolute atomic E-state index is 5.65. The lowest BCUT2D eigenvalue weighted by molar-refractivity contribution is 0.0453. The van der Waals surface area contributed by atoms with Crippen molar-refractivity contribution in [2.45, 2.75) is 33.4 Å². The van der Waals surface area contributed by atoms with E-state index in [1.54, 1.807) is 14.2 Å². The lowest BCUT2D eigenvalue weighted by Gasteiger charge is -2.14. The van der Waals surface area contributed by atoms with Crippen LogP contribution in [0.4, 0.5) is 0 Å². The van der Waals surface area contributed by atoms with Gasteiger partial charge in [0.25, 0.3) is 0 Å². The van der Waals surface area contributed by atoms with Gasteiger partial charge in [-0.25, -0.2) is 0 Å². The van der Waals surface area contributed by atoms with Gasteiger partial charge in [0, 0.05) is 26.7 Å². The van der Waals surface area contributed by atoms with E-state index in [9.17, 15) is 0 Å². The number of nitrogens with zero attached hydrogens (tertiary/aromatic N) is 1. The Morgan fingerprint density at radius 2 is 1.77 bits per heavy atom. The van der Waals surface area contributed by atoms with E-state index in [0.29, 0.717) is 26.4 Å². The first-order valence-corrected chi connectivity index (χ1v) is 10.5. The summed E-state index contributed by atoms with van der Waals surface area (Å²) in [6.45, 7) is 8.10. The summed E-state index contributed by atoms with van der Waals surface area (Å²) < 4.78 is 16.4. The van der Waals surface area contributed by atoms with Gasteiger partial charge in [0.15, 0.2) is 5.96 Å². The molecule has 2 aromatic carbocycles. The van der Waals surface area contributed by atoms with Crippen LogP contribution < -0.4 is 15.4 Å². The molecule has 0 aliphatic heterocycles. The van der Waals surface area contributed by atoms with E-state index in [0.717, 1.165) is 36.8 Å². The molecule has 0 atom stereocenters. The zero-order chi connectivity index (χ0) is 21.6. The Hall–Kier alpha value is -1.84. The second-order valence-electron chi connectivity index (χ2n) is 6.99. The highest BCUT2D eigenvalue weighted by atomic mass is 127. The molecule has 0 aliphatic carbocycles. The largest absolute Gasteiger partial charge is 0.496 e. The molecule has 0 amide bonds. The van der Waals surface area contributed by atoms with Crippen molar-refractivity contribution in [1.82, 2.24) is 10.6 Å². The highest BCUT2D eigenvalue weighted by molar-refractivity contribution is 14.0. The Kier molecular flexibility index (Phi) is 13.9. The summed E-state index contributed by atoms with van der Waals surface area (Å²) in [4.78, 5) is 4.32. The average molecular weight is 541 g/mol. The van der Waals surface area contributed by atoms with Crippen molar-refractivity contribution < 1.29 is 14.2 Å². The summed E-state index contributed by atoms with van der Waals surface area (Å²) >= 11 is 0. The van der Waals surface area contributed by atoms with E-state index in [2.05, 4.69) is 58.9 Å². The smallest absolute Gasteiger partial charge is 0.191 e. The minimum atomic E-state index is 0. The number of hydrogen-bond donors (Lipinski definition) is 2. The summed E-state index contributed by atoms with van der Waals surface area (Å²) in [5, 5.41) is 6.74. The number of hydrogen-bond acceptors (Lipinski definition) is 4. The maximum atomic E-state index is 5.65. The second-order valence-corrected chi connectivity index (χ2v) is 6.99. The number of guanidine groups is 1. The first-order valence-electron chi connectivity index (χ1n) is 10.5. The van der Waals surface area contributed by atoms with Crippen molar-refractivity contribution >= 4 is 29.9 Å². The molecule has 0 heterocycles. The molecule has 31 heavy (non-hydrogen) atoms. The van der Waals surface area contributed by atoms with Crippen molar-refractivity contribution in [3.05, 3.63) is 64.7 Å². The highest BCUT2D eigenvalue weighted by Gasteiger charge is 2.05. The van der Waals surface area contributed by atoms with Gasteiger partial charge in [0.2, 0.25) is 0 Å². The quantitative estimate of drug-likeness (QED) is 0.184. The van der Waals surface area contributed by atoms with Crippen LogP contribution in [0.25, 0.3) is 0 Å². The van der Waals surface area contributed by atoms with Gasteiger partial charge in [0.1, 0.15) is 5.75 Å². The summed E-state index contributed by atoms with van der Waals surface area (Å²) in [5.74, 6) is 1.70. The molecule has 2 rings (SSSR count). The van der Waals surface area contributed by atoms with Crippen molar-refractivity contribution in [3.8, 4) is 5.75 Å². The van der Waals surface area contributed by atoms with Crippen molar-refractivity contribution in [3.63, 3.8) is 0 Å². The molecule has 0 saturated heterocycles. The third kappa shape index (κ3) is 10.3. The van der Waals surface area contributed by atoms with Crippen LogP contribution in [0.1, 0.15) is 29.2 Å². The third-order valence-electron chi connectivity index (χ3n) is 4.64. The van der Waals surface area contributed by atoms with E-state index in [-0.39, 0.29) is 24.0 Å². The topological polar surface area (TPSA) is 64.1 Å². The SMILES string of the molecule is CCOCCOCc1cccc(CNC(=NC)NCCc2cc(C)ccc2OC)c1.I. The molecule has 0 radical (unpaired) electrons. The van der Waals surface area contributed by atoms with Crippen LogP contribution in [0, 0.1) is 6.92 Å². The van der Waals surface area contributed by atoms with Gasteiger partial charge < -0.3 is 24.8 Å². The van der Waals surface area contributed by atoms with Crippen LogP contribution in [0.2, 0.25) is 0 Å². The number of aliphatic imine (C=N–C) groups is 1.